The van der Waals surface area contributed by atoms with E-state index in [1.807, 2.05) is 47.4 Å². The summed E-state index contributed by atoms with van der Waals surface area (Å²) in [4.78, 5) is 31.0. The number of hydrogen-bond acceptors (Lipinski definition) is 6. The topological polar surface area (TPSA) is 115 Å². The molecule has 4 rings (SSSR count). The van der Waals surface area contributed by atoms with Crippen LogP contribution >= 0.6 is 0 Å². The van der Waals surface area contributed by atoms with Crippen LogP contribution in [0.15, 0.2) is 66.9 Å². The van der Waals surface area contributed by atoms with Gasteiger partial charge in [0.25, 0.3) is 5.91 Å². The van der Waals surface area contributed by atoms with E-state index in [4.69, 9.17) is 5.11 Å². The molecule has 2 heterocycles. The van der Waals surface area contributed by atoms with Crippen molar-refractivity contribution in [1.82, 2.24) is 10.3 Å². The number of nitrogens with one attached hydrogen (secondary N) is 2. The van der Waals surface area contributed by atoms with Gasteiger partial charge in [-0.1, -0.05) is 24.3 Å². The second-order valence-corrected chi connectivity index (χ2v) is 8.78. The number of aliphatic hydroxyl groups is 2. The van der Waals surface area contributed by atoms with Crippen LogP contribution in [0.5, 0.6) is 0 Å². The zero-order chi connectivity index (χ0) is 24.9. The molecule has 1 aliphatic heterocycles. The molecule has 8 nitrogen and oxygen atoms in total. The van der Waals surface area contributed by atoms with Crippen LogP contribution in [0, 0.1) is 0 Å². The molecule has 0 radical (unpaired) electrons. The summed E-state index contributed by atoms with van der Waals surface area (Å²) in [5.41, 5.74) is 4.26. The third-order valence-corrected chi connectivity index (χ3v) is 6.20. The van der Waals surface area contributed by atoms with Gasteiger partial charge >= 0.3 is 0 Å². The van der Waals surface area contributed by atoms with Crippen LogP contribution < -0.4 is 15.5 Å². The van der Waals surface area contributed by atoms with Crippen molar-refractivity contribution >= 4 is 23.3 Å². The van der Waals surface area contributed by atoms with Gasteiger partial charge in [0.05, 0.1) is 18.8 Å². The largest absolute Gasteiger partial charge is 0.394 e. The van der Waals surface area contributed by atoms with Crippen LogP contribution in [0.1, 0.15) is 42.2 Å². The van der Waals surface area contributed by atoms with Gasteiger partial charge in [0, 0.05) is 37.0 Å². The molecule has 3 atom stereocenters. The summed E-state index contributed by atoms with van der Waals surface area (Å²) in [7, 11) is 0. The fourth-order valence-electron chi connectivity index (χ4n) is 4.48. The molecule has 0 spiro atoms. The Hall–Kier alpha value is -3.75. The first-order valence-electron chi connectivity index (χ1n) is 11.7. The van der Waals surface area contributed by atoms with E-state index in [1.165, 1.54) is 0 Å². The van der Waals surface area contributed by atoms with E-state index in [2.05, 4.69) is 28.6 Å². The number of rotatable bonds is 7. The van der Waals surface area contributed by atoms with Gasteiger partial charge in [-0.05, 0) is 66.4 Å². The van der Waals surface area contributed by atoms with Gasteiger partial charge in [0.1, 0.15) is 5.82 Å². The number of aromatic nitrogens is 1. The minimum absolute atomic E-state index is 0.00414. The molecule has 1 aromatic heterocycles. The molecule has 1 unspecified atom stereocenters. The lowest BCUT2D eigenvalue weighted by atomic mass is 9.89. The fraction of sp³-hybridized carbons (Fsp3) is 0.296. The van der Waals surface area contributed by atoms with Crippen LogP contribution in [0.4, 0.5) is 11.5 Å². The normalized spacial score (nSPS) is 17.9. The zero-order valence-electron chi connectivity index (χ0n) is 19.8. The molecule has 0 saturated carbocycles. The number of carbonyl (C=O) groups excluding carboxylic acids is 2. The van der Waals surface area contributed by atoms with Crippen molar-refractivity contribution in [3.63, 3.8) is 0 Å². The van der Waals surface area contributed by atoms with Crippen molar-refractivity contribution in [3.8, 4) is 11.1 Å². The van der Waals surface area contributed by atoms with Crippen LogP contribution in [-0.2, 0) is 4.79 Å². The van der Waals surface area contributed by atoms with E-state index in [0.29, 0.717) is 5.56 Å². The van der Waals surface area contributed by atoms with Gasteiger partial charge < -0.3 is 25.7 Å². The first kappa shape index (κ1) is 24.4. The molecule has 35 heavy (non-hydrogen) atoms. The van der Waals surface area contributed by atoms with Gasteiger partial charge in [-0.3, -0.25) is 9.59 Å². The van der Waals surface area contributed by atoms with Gasteiger partial charge in [-0.25, -0.2) is 4.98 Å². The lowest BCUT2D eigenvalue weighted by molar-refractivity contribution is -0.117. The molecule has 0 fully saturated rings. The Morgan fingerprint density at radius 3 is 2.51 bits per heavy atom. The summed E-state index contributed by atoms with van der Waals surface area (Å²) in [6, 6.07) is 19.0. The second-order valence-electron chi connectivity index (χ2n) is 8.78. The third kappa shape index (κ3) is 5.50. The molecular formula is C27H30N4O4. The van der Waals surface area contributed by atoms with Crippen LogP contribution in [0.3, 0.4) is 0 Å². The SMILES string of the molecule is CC(=O)N1c2ccc(-c3ccc(C(=O)NCC(O)CO)cc3)cc2[C@H](Nc2ccccn2)C[C@@H]1C. The summed E-state index contributed by atoms with van der Waals surface area (Å²) in [6.07, 6.45) is 1.50. The highest BCUT2D eigenvalue weighted by atomic mass is 16.3. The summed E-state index contributed by atoms with van der Waals surface area (Å²) in [5.74, 6) is 0.462. The minimum atomic E-state index is -0.987. The Labute approximate surface area is 204 Å². The highest BCUT2D eigenvalue weighted by molar-refractivity contribution is 5.95. The molecule has 182 valence electrons. The maximum absolute atomic E-state index is 12.4. The fourth-order valence-corrected chi connectivity index (χ4v) is 4.48. The van der Waals surface area contributed by atoms with E-state index in [0.717, 1.165) is 34.6 Å². The molecule has 0 saturated heterocycles. The summed E-state index contributed by atoms with van der Waals surface area (Å²) in [6.45, 7) is 3.21. The Morgan fingerprint density at radius 2 is 1.86 bits per heavy atom. The van der Waals surface area contributed by atoms with Gasteiger partial charge in [-0.2, -0.15) is 0 Å². The minimum Gasteiger partial charge on any atom is -0.394 e. The van der Waals surface area contributed by atoms with Crippen LogP contribution in [-0.4, -0.2) is 52.3 Å². The molecule has 2 amide bonds. The van der Waals surface area contributed by atoms with Gasteiger partial charge in [-0.15, -0.1) is 0 Å². The number of nitrogens with zero attached hydrogens (tertiary/aromatic N) is 2. The highest BCUT2D eigenvalue weighted by Crippen LogP contribution is 2.41. The monoisotopic (exact) mass is 474 g/mol. The molecule has 0 bridgehead atoms. The molecular weight excluding hydrogens is 444 g/mol. The van der Waals surface area contributed by atoms with Crippen molar-refractivity contribution in [2.75, 3.05) is 23.4 Å². The summed E-state index contributed by atoms with van der Waals surface area (Å²) >= 11 is 0. The van der Waals surface area contributed by atoms with E-state index < -0.39 is 12.7 Å². The molecule has 2 aromatic carbocycles. The maximum atomic E-state index is 12.4. The number of carbonyl (C=O) groups is 2. The number of fused-ring (bicyclic) bond motifs is 1. The highest BCUT2D eigenvalue weighted by Gasteiger charge is 2.32. The number of hydrogen-bond donors (Lipinski definition) is 4. The first-order valence-corrected chi connectivity index (χ1v) is 11.7. The number of amides is 2. The maximum Gasteiger partial charge on any atom is 0.251 e. The van der Waals surface area contributed by atoms with Crippen molar-refractivity contribution in [1.29, 1.82) is 0 Å². The quantitative estimate of drug-likeness (QED) is 0.418. The van der Waals surface area contributed by atoms with Crippen molar-refractivity contribution < 1.29 is 19.8 Å². The Morgan fingerprint density at radius 1 is 1.11 bits per heavy atom. The lowest BCUT2D eigenvalue weighted by Crippen LogP contribution is -2.43. The van der Waals surface area contributed by atoms with Crippen molar-refractivity contribution in [2.24, 2.45) is 0 Å². The average Bonchev–Trinajstić information content (AvgIpc) is 2.87. The number of benzene rings is 2. The molecule has 0 aliphatic carbocycles. The predicted molar refractivity (Wildman–Crippen MR) is 135 cm³/mol. The standard InChI is InChI=1S/C27H30N4O4/c1-17-13-24(30-26-5-3-4-12-28-26)23-14-21(10-11-25(23)31(17)18(2)33)19-6-8-20(9-7-19)27(35)29-15-22(34)16-32/h3-12,14,17,22,24,32,34H,13,15-16H2,1-2H3,(H,28,30)(H,29,35)/t17-,22?,24+/m0/s1. The Balaban J connectivity index is 1.62. The van der Waals surface area contributed by atoms with E-state index in [9.17, 15) is 14.7 Å². The van der Waals surface area contributed by atoms with Gasteiger partial charge in [0.2, 0.25) is 5.91 Å². The smallest absolute Gasteiger partial charge is 0.251 e. The Kier molecular flexibility index (Phi) is 7.43. The molecule has 8 heteroatoms. The van der Waals surface area contributed by atoms with Crippen LogP contribution in [0.25, 0.3) is 11.1 Å². The zero-order valence-corrected chi connectivity index (χ0v) is 19.8. The third-order valence-electron chi connectivity index (χ3n) is 6.20. The summed E-state index contributed by atoms with van der Waals surface area (Å²) in [5, 5.41) is 24.4. The van der Waals surface area contributed by atoms with Crippen molar-refractivity contribution in [2.45, 2.75) is 38.5 Å². The Bertz CT molecular complexity index is 1180. The number of aliphatic hydroxyl groups excluding tert-OH is 2. The van der Waals surface area contributed by atoms with E-state index >= 15 is 0 Å². The molecule has 4 N–H and O–H groups in total. The first-order chi connectivity index (χ1) is 16.9. The predicted octanol–water partition coefficient (Wildman–Crippen LogP) is 3.13. The number of pyridine rings is 1. The molecule has 1 aliphatic rings. The van der Waals surface area contributed by atoms with Gasteiger partial charge in [0.15, 0.2) is 0 Å². The lowest BCUT2D eigenvalue weighted by Gasteiger charge is -2.39. The van der Waals surface area contributed by atoms with Crippen LogP contribution in [0.2, 0.25) is 0 Å². The average molecular weight is 475 g/mol. The second kappa shape index (κ2) is 10.7. The number of anilines is 2. The van der Waals surface area contributed by atoms with Crippen molar-refractivity contribution in [3.05, 3.63) is 78.0 Å². The molecule has 3 aromatic rings. The van der Waals surface area contributed by atoms with E-state index in [-0.39, 0.29) is 30.4 Å². The summed E-state index contributed by atoms with van der Waals surface area (Å²) < 4.78 is 0. The van der Waals surface area contributed by atoms with E-state index in [1.54, 1.807) is 25.3 Å².